The van der Waals surface area contributed by atoms with Gasteiger partial charge >= 0.3 is 0 Å². The van der Waals surface area contributed by atoms with E-state index >= 15 is 0 Å². The number of aromatic nitrogens is 1. The van der Waals surface area contributed by atoms with Crippen LogP contribution in [0.25, 0.3) is 6.08 Å². The summed E-state index contributed by atoms with van der Waals surface area (Å²) in [6, 6.07) is 0. The number of rotatable bonds is 2. The molecule has 2 heterocycles. The van der Waals surface area contributed by atoms with Crippen molar-refractivity contribution >= 4 is 30.8 Å². The zero-order valence-electron chi connectivity index (χ0n) is 7.92. The summed E-state index contributed by atoms with van der Waals surface area (Å²) < 4.78 is 4.62. The van der Waals surface area contributed by atoms with Crippen molar-refractivity contribution in [3.8, 4) is 0 Å². The average Bonchev–Trinajstić information content (AvgIpc) is 2.48. The van der Waals surface area contributed by atoms with Crippen LogP contribution in [0.1, 0.15) is 30.7 Å². The Labute approximate surface area is 89.0 Å². The summed E-state index contributed by atoms with van der Waals surface area (Å²) in [5.41, 5.74) is 4.02. The smallest absolute Gasteiger partial charge is 0.0268 e. The standard InChI is InChI=1S/C11H13IN/c1-8(2)5-9-7-13-11-6-12-4-3-10(9)11/h3-4,6-8H,5H2,1-2H3/q-1. The lowest BCUT2D eigenvalue weighted by atomic mass is 10.0. The normalized spacial score (nSPS) is 14.4. The van der Waals surface area contributed by atoms with Crippen molar-refractivity contribution in [3.63, 3.8) is 0 Å². The fourth-order valence-corrected chi connectivity index (χ4v) is 3.14. The Hall–Kier alpha value is -0.380. The molecule has 1 aromatic rings. The van der Waals surface area contributed by atoms with Gasteiger partial charge in [-0.3, -0.25) is 0 Å². The molecule has 13 heavy (non-hydrogen) atoms. The van der Waals surface area contributed by atoms with E-state index in [-0.39, 0.29) is 20.7 Å². The van der Waals surface area contributed by atoms with E-state index in [2.05, 4.69) is 33.0 Å². The maximum atomic E-state index is 4.43. The first kappa shape index (κ1) is 9.19. The van der Waals surface area contributed by atoms with E-state index < -0.39 is 0 Å². The summed E-state index contributed by atoms with van der Waals surface area (Å²) in [6.45, 7) is 4.51. The molecule has 0 fully saturated rings. The van der Waals surface area contributed by atoms with Crippen molar-refractivity contribution in [3.05, 3.63) is 27.1 Å². The molecule has 0 unspecified atom stereocenters. The van der Waals surface area contributed by atoms with Crippen LogP contribution in [-0.2, 0) is 6.42 Å². The third kappa shape index (κ3) is 1.93. The highest BCUT2D eigenvalue weighted by atomic mass is 127. The Morgan fingerprint density at radius 3 is 3.08 bits per heavy atom. The Morgan fingerprint density at radius 1 is 1.46 bits per heavy atom. The molecule has 0 saturated carbocycles. The van der Waals surface area contributed by atoms with Gasteiger partial charge in [0.1, 0.15) is 0 Å². The van der Waals surface area contributed by atoms with E-state index in [1.54, 1.807) is 0 Å². The molecule has 0 amide bonds. The Balaban J connectivity index is 2.33. The van der Waals surface area contributed by atoms with E-state index in [1.807, 2.05) is 6.20 Å². The zero-order chi connectivity index (χ0) is 9.26. The van der Waals surface area contributed by atoms with Gasteiger partial charge in [0.15, 0.2) is 0 Å². The molecular weight excluding hydrogens is 273 g/mol. The van der Waals surface area contributed by atoms with Gasteiger partial charge in [-0.05, 0) is 26.0 Å². The molecule has 0 aromatic carbocycles. The Kier molecular flexibility index (Phi) is 2.67. The quantitative estimate of drug-likeness (QED) is 0.762. The molecule has 1 aliphatic heterocycles. The molecular formula is C11H13IN-. The van der Waals surface area contributed by atoms with Crippen LogP contribution >= 0.6 is 20.7 Å². The van der Waals surface area contributed by atoms with E-state index in [4.69, 9.17) is 0 Å². The average molecular weight is 286 g/mol. The predicted octanol–water partition coefficient (Wildman–Crippen LogP) is 2.95. The SMILES string of the molecule is CC(C)Cc1c[n-]c2c1C=CI=C2. The summed E-state index contributed by atoms with van der Waals surface area (Å²) in [4.78, 5) is 4.43. The van der Waals surface area contributed by atoms with Crippen LogP contribution < -0.4 is 4.98 Å². The van der Waals surface area contributed by atoms with Crippen molar-refractivity contribution in [1.29, 1.82) is 0 Å². The topological polar surface area (TPSA) is 14.1 Å². The zero-order valence-corrected chi connectivity index (χ0v) is 10.1. The summed E-state index contributed by atoms with van der Waals surface area (Å²) in [6.07, 6.45) is 5.45. The van der Waals surface area contributed by atoms with Crippen LogP contribution in [0.15, 0.2) is 10.3 Å². The minimum absolute atomic E-state index is 0.150. The molecule has 70 valence electrons. The first-order valence-electron chi connectivity index (χ1n) is 4.53. The van der Waals surface area contributed by atoms with Crippen molar-refractivity contribution in [2.75, 3.05) is 0 Å². The number of hydrogen-bond acceptors (Lipinski definition) is 0. The molecule has 1 aromatic heterocycles. The highest BCUT2D eigenvalue weighted by molar-refractivity contribution is 14.2. The third-order valence-electron chi connectivity index (χ3n) is 2.08. The van der Waals surface area contributed by atoms with Crippen LogP contribution in [0.2, 0.25) is 0 Å². The lowest BCUT2D eigenvalue weighted by Gasteiger charge is -2.09. The molecule has 2 heteroatoms. The lowest BCUT2D eigenvalue weighted by Crippen LogP contribution is -1.95. The number of nitrogens with zero attached hydrogens (tertiary/aromatic N) is 1. The van der Waals surface area contributed by atoms with Crippen LogP contribution in [0, 0.1) is 5.92 Å². The molecule has 0 N–H and O–H groups in total. The fraction of sp³-hybridized carbons (Fsp3) is 0.364. The minimum Gasteiger partial charge on any atom is -0.663 e. The summed E-state index contributed by atoms with van der Waals surface area (Å²) >= 11 is 0.150. The molecule has 0 atom stereocenters. The van der Waals surface area contributed by atoms with Crippen molar-refractivity contribution in [1.82, 2.24) is 4.98 Å². The molecule has 1 aliphatic rings. The van der Waals surface area contributed by atoms with Gasteiger partial charge in [0, 0.05) is 0 Å². The van der Waals surface area contributed by atoms with E-state index in [0.717, 1.165) is 12.3 Å². The highest BCUT2D eigenvalue weighted by Gasteiger charge is 2.03. The second kappa shape index (κ2) is 3.78. The minimum atomic E-state index is 0.150. The van der Waals surface area contributed by atoms with Gasteiger partial charge in [0.25, 0.3) is 0 Å². The van der Waals surface area contributed by atoms with Crippen molar-refractivity contribution < 1.29 is 0 Å². The number of fused-ring (bicyclic) bond motifs is 1. The van der Waals surface area contributed by atoms with E-state index in [0.29, 0.717) is 0 Å². The third-order valence-corrected chi connectivity index (χ3v) is 3.80. The summed E-state index contributed by atoms with van der Waals surface area (Å²) in [7, 11) is 0. The number of halogens is 1. The Bertz CT molecular complexity index is 358. The lowest BCUT2D eigenvalue weighted by molar-refractivity contribution is 0.647. The van der Waals surface area contributed by atoms with Crippen LogP contribution in [0.4, 0.5) is 0 Å². The maximum Gasteiger partial charge on any atom is -0.0268 e. The molecule has 2 rings (SSSR count). The van der Waals surface area contributed by atoms with Crippen molar-refractivity contribution in [2.24, 2.45) is 5.92 Å². The summed E-state index contributed by atoms with van der Waals surface area (Å²) in [5.74, 6) is 0.721. The van der Waals surface area contributed by atoms with Gasteiger partial charge in [-0.1, -0.05) is 46.2 Å². The van der Waals surface area contributed by atoms with Gasteiger partial charge in [-0.2, -0.15) is 6.20 Å². The number of hydrogen-bond donors (Lipinski definition) is 0. The monoisotopic (exact) mass is 286 g/mol. The van der Waals surface area contributed by atoms with Gasteiger partial charge < -0.3 is 4.98 Å². The first-order valence-corrected chi connectivity index (χ1v) is 7.03. The van der Waals surface area contributed by atoms with Gasteiger partial charge in [-0.15, -0.1) is 5.69 Å². The van der Waals surface area contributed by atoms with E-state index in [1.165, 1.54) is 16.8 Å². The van der Waals surface area contributed by atoms with Crippen LogP contribution in [0.5, 0.6) is 0 Å². The molecule has 0 radical (unpaired) electrons. The van der Waals surface area contributed by atoms with Crippen molar-refractivity contribution in [2.45, 2.75) is 20.3 Å². The second-order valence-corrected chi connectivity index (χ2v) is 5.77. The van der Waals surface area contributed by atoms with Crippen LogP contribution in [-0.4, -0.2) is 4.01 Å². The van der Waals surface area contributed by atoms with E-state index in [9.17, 15) is 0 Å². The molecule has 0 saturated heterocycles. The maximum absolute atomic E-state index is 4.43. The molecule has 0 bridgehead atoms. The van der Waals surface area contributed by atoms with Crippen LogP contribution in [0.3, 0.4) is 0 Å². The van der Waals surface area contributed by atoms with Gasteiger partial charge in [0.2, 0.25) is 0 Å². The van der Waals surface area contributed by atoms with Gasteiger partial charge in [-0.25, -0.2) is 0 Å². The second-order valence-electron chi connectivity index (χ2n) is 3.71. The molecule has 0 aliphatic carbocycles. The highest BCUT2D eigenvalue weighted by Crippen LogP contribution is 2.23. The molecule has 0 spiro atoms. The molecule has 1 nitrogen and oxygen atoms in total. The Morgan fingerprint density at radius 2 is 2.31 bits per heavy atom. The van der Waals surface area contributed by atoms with Gasteiger partial charge in [0.05, 0.1) is 0 Å². The predicted molar refractivity (Wildman–Crippen MR) is 66.5 cm³/mol. The first-order chi connectivity index (χ1) is 6.27. The largest absolute Gasteiger partial charge is 0.663 e. The fourth-order valence-electron chi connectivity index (χ4n) is 1.53. The summed E-state index contributed by atoms with van der Waals surface area (Å²) in [5, 5.41) is 0.